The molecule has 184 valence electrons. The topological polar surface area (TPSA) is 67.9 Å². The van der Waals surface area contributed by atoms with Crippen molar-refractivity contribution in [1.82, 2.24) is 10.4 Å². The van der Waals surface area contributed by atoms with Crippen molar-refractivity contribution in [3.05, 3.63) is 96.8 Å². The van der Waals surface area contributed by atoms with Gasteiger partial charge in [0.15, 0.2) is 15.8 Å². The standard InChI is InChI=1S/C25H17BrCl2N2O4S2/c1-33-20-11-15(10-19(26)22(20)34-13-14-2-6-17(27)7-3-14)12-21-24(32)30(25(35)36-21)29-23(31)16-4-8-18(28)9-5-16/h2-12H,13H2,1H3,(H,29,31)/b21-12+. The van der Waals surface area contributed by atoms with E-state index in [9.17, 15) is 9.59 Å². The van der Waals surface area contributed by atoms with Crippen LogP contribution in [0.1, 0.15) is 21.5 Å². The van der Waals surface area contributed by atoms with Gasteiger partial charge in [0, 0.05) is 15.6 Å². The summed E-state index contributed by atoms with van der Waals surface area (Å²) in [6.45, 7) is 0.317. The van der Waals surface area contributed by atoms with Gasteiger partial charge in [-0.25, -0.2) is 0 Å². The Morgan fingerprint density at radius 2 is 1.75 bits per heavy atom. The molecule has 0 aliphatic carbocycles. The van der Waals surface area contributed by atoms with Gasteiger partial charge in [0.25, 0.3) is 11.8 Å². The first-order chi connectivity index (χ1) is 17.2. The summed E-state index contributed by atoms with van der Waals surface area (Å²) in [5, 5.41) is 2.21. The largest absolute Gasteiger partial charge is 0.493 e. The molecule has 1 aliphatic heterocycles. The Hall–Kier alpha value is -2.56. The zero-order valence-electron chi connectivity index (χ0n) is 18.6. The zero-order chi connectivity index (χ0) is 25.8. The van der Waals surface area contributed by atoms with Crippen molar-refractivity contribution in [2.75, 3.05) is 7.11 Å². The van der Waals surface area contributed by atoms with Crippen LogP contribution in [0.2, 0.25) is 10.0 Å². The van der Waals surface area contributed by atoms with Crippen molar-refractivity contribution in [2.45, 2.75) is 6.61 Å². The van der Waals surface area contributed by atoms with Gasteiger partial charge in [-0.1, -0.05) is 47.1 Å². The Morgan fingerprint density at radius 3 is 2.39 bits per heavy atom. The van der Waals surface area contributed by atoms with Crippen LogP contribution in [0.15, 0.2) is 70.0 Å². The van der Waals surface area contributed by atoms with Crippen molar-refractivity contribution in [1.29, 1.82) is 0 Å². The molecule has 0 unspecified atom stereocenters. The molecule has 11 heteroatoms. The predicted octanol–water partition coefficient (Wildman–Crippen LogP) is 6.89. The predicted molar refractivity (Wildman–Crippen MR) is 150 cm³/mol. The zero-order valence-corrected chi connectivity index (χ0v) is 23.3. The number of hydrogen-bond donors (Lipinski definition) is 1. The molecule has 0 atom stereocenters. The highest BCUT2D eigenvalue weighted by molar-refractivity contribution is 9.10. The summed E-state index contributed by atoms with van der Waals surface area (Å²) < 4.78 is 12.3. The molecule has 1 fully saturated rings. The quantitative estimate of drug-likeness (QED) is 0.228. The van der Waals surface area contributed by atoms with Crippen molar-refractivity contribution in [3.63, 3.8) is 0 Å². The molecule has 1 saturated heterocycles. The Balaban J connectivity index is 1.50. The molecular formula is C25H17BrCl2N2O4S2. The Bertz CT molecular complexity index is 1370. The van der Waals surface area contributed by atoms with Gasteiger partial charge in [0.2, 0.25) is 0 Å². The first-order valence-electron chi connectivity index (χ1n) is 10.3. The first-order valence-corrected chi connectivity index (χ1v) is 13.1. The second kappa shape index (κ2) is 11.7. The van der Waals surface area contributed by atoms with Gasteiger partial charge in [-0.2, -0.15) is 5.01 Å². The monoisotopic (exact) mass is 622 g/mol. The summed E-state index contributed by atoms with van der Waals surface area (Å²) in [6.07, 6.45) is 1.67. The molecule has 0 aromatic heterocycles. The summed E-state index contributed by atoms with van der Waals surface area (Å²) in [4.78, 5) is 25.8. The minimum Gasteiger partial charge on any atom is -0.493 e. The number of ether oxygens (including phenoxy) is 2. The minimum absolute atomic E-state index is 0.211. The molecule has 4 rings (SSSR count). The average Bonchev–Trinajstić information content (AvgIpc) is 3.11. The number of nitrogens with zero attached hydrogens (tertiary/aromatic N) is 1. The first kappa shape index (κ1) is 26.5. The van der Waals surface area contributed by atoms with Crippen LogP contribution >= 0.6 is 63.1 Å². The van der Waals surface area contributed by atoms with Crippen molar-refractivity contribution in [2.24, 2.45) is 0 Å². The third-order valence-corrected chi connectivity index (χ3v) is 7.35. The van der Waals surface area contributed by atoms with Crippen LogP contribution in [0.3, 0.4) is 0 Å². The summed E-state index contributed by atoms with van der Waals surface area (Å²) in [5.41, 5.74) is 4.52. The van der Waals surface area contributed by atoms with Gasteiger partial charge in [0.05, 0.1) is 16.5 Å². The highest BCUT2D eigenvalue weighted by atomic mass is 79.9. The number of rotatable bonds is 7. The lowest BCUT2D eigenvalue weighted by Gasteiger charge is -2.15. The maximum absolute atomic E-state index is 13.0. The van der Waals surface area contributed by atoms with Gasteiger partial charge < -0.3 is 9.47 Å². The van der Waals surface area contributed by atoms with Crippen LogP contribution in [0.4, 0.5) is 0 Å². The number of carbonyl (C=O) groups excluding carboxylic acids is 2. The number of carbonyl (C=O) groups is 2. The van der Waals surface area contributed by atoms with E-state index < -0.39 is 11.8 Å². The summed E-state index contributed by atoms with van der Waals surface area (Å²) in [7, 11) is 1.53. The number of hydrogen-bond acceptors (Lipinski definition) is 6. The second-order valence-corrected chi connectivity index (χ2v) is 10.8. The molecule has 2 amide bonds. The third kappa shape index (κ3) is 6.22. The number of methoxy groups -OCH3 is 1. The lowest BCUT2D eigenvalue weighted by atomic mass is 10.1. The lowest BCUT2D eigenvalue weighted by Crippen LogP contribution is -2.44. The minimum atomic E-state index is -0.476. The lowest BCUT2D eigenvalue weighted by molar-refractivity contribution is -0.123. The highest BCUT2D eigenvalue weighted by Gasteiger charge is 2.34. The molecular weight excluding hydrogens is 607 g/mol. The highest BCUT2D eigenvalue weighted by Crippen LogP contribution is 2.39. The number of thiocarbonyl (C=S) groups is 1. The normalized spacial score (nSPS) is 14.3. The van der Waals surface area contributed by atoms with E-state index in [1.165, 1.54) is 7.11 Å². The van der Waals surface area contributed by atoms with Gasteiger partial charge in [-0.05, 0) is 93.9 Å². The van der Waals surface area contributed by atoms with E-state index in [1.807, 2.05) is 12.1 Å². The molecule has 1 N–H and O–H groups in total. The van der Waals surface area contributed by atoms with Crippen LogP contribution in [-0.2, 0) is 11.4 Å². The van der Waals surface area contributed by atoms with E-state index in [0.29, 0.717) is 48.7 Å². The molecule has 0 radical (unpaired) electrons. The molecule has 6 nitrogen and oxygen atoms in total. The van der Waals surface area contributed by atoms with E-state index in [2.05, 4.69) is 21.4 Å². The average molecular weight is 624 g/mol. The Morgan fingerprint density at radius 1 is 1.11 bits per heavy atom. The van der Waals surface area contributed by atoms with Crippen LogP contribution in [0.5, 0.6) is 11.5 Å². The summed E-state index contributed by atoms with van der Waals surface area (Å²) in [5.74, 6) is 0.0878. The third-order valence-electron chi connectivity index (χ3n) is 4.96. The van der Waals surface area contributed by atoms with Crippen LogP contribution in [0, 0.1) is 0 Å². The molecule has 0 saturated carbocycles. The number of hydrazine groups is 1. The van der Waals surface area contributed by atoms with Gasteiger partial charge >= 0.3 is 0 Å². The summed E-state index contributed by atoms with van der Waals surface area (Å²) in [6, 6.07) is 17.2. The van der Waals surface area contributed by atoms with Crippen LogP contribution in [-0.4, -0.2) is 28.3 Å². The van der Waals surface area contributed by atoms with Gasteiger partial charge in [-0.15, -0.1) is 0 Å². The molecule has 36 heavy (non-hydrogen) atoms. The van der Waals surface area contributed by atoms with Gasteiger partial charge in [0.1, 0.15) is 6.61 Å². The maximum Gasteiger partial charge on any atom is 0.285 e. The van der Waals surface area contributed by atoms with Crippen LogP contribution < -0.4 is 14.9 Å². The van der Waals surface area contributed by atoms with E-state index >= 15 is 0 Å². The number of thioether (sulfide) groups is 1. The second-order valence-electron chi connectivity index (χ2n) is 7.41. The van der Waals surface area contributed by atoms with E-state index in [-0.39, 0.29) is 4.32 Å². The van der Waals surface area contributed by atoms with Crippen molar-refractivity contribution >= 4 is 85.3 Å². The SMILES string of the molecule is COc1cc(/C=C2/SC(=S)N(NC(=O)c3ccc(Cl)cc3)C2=O)cc(Br)c1OCc1ccc(Cl)cc1. The maximum atomic E-state index is 13.0. The molecule has 3 aromatic rings. The van der Waals surface area contributed by atoms with Gasteiger partial charge in [-0.3, -0.25) is 15.0 Å². The number of halogens is 3. The van der Waals surface area contributed by atoms with Crippen molar-refractivity contribution < 1.29 is 19.1 Å². The fourth-order valence-electron chi connectivity index (χ4n) is 3.18. The Labute approximate surface area is 235 Å². The van der Waals surface area contributed by atoms with E-state index in [4.69, 9.17) is 44.9 Å². The molecule has 3 aromatic carbocycles. The Kier molecular flexibility index (Phi) is 8.58. The summed E-state index contributed by atoms with van der Waals surface area (Å²) >= 11 is 21.7. The number of nitrogens with one attached hydrogen (secondary N) is 1. The smallest absolute Gasteiger partial charge is 0.285 e. The fraction of sp³-hybridized carbons (Fsp3) is 0.0800. The van der Waals surface area contributed by atoms with Crippen molar-refractivity contribution in [3.8, 4) is 11.5 Å². The molecule has 1 heterocycles. The van der Waals surface area contributed by atoms with E-state index in [1.54, 1.807) is 54.6 Å². The number of amides is 2. The molecule has 0 spiro atoms. The number of benzene rings is 3. The van der Waals surface area contributed by atoms with E-state index in [0.717, 1.165) is 22.3 Å². The fourth-order valence-corrected chi connectivity index (χ4v) is 5.19. The molecule has 1 aliphatic rings. The van der Waals surface area contributed by atoms with Crippen LogP contribution in [0.25, 0.3) is 6.08 Å². The molecule has 0 bridgehead atoms.